The van der Waals surface area contributed by atoms with Gasteiger partial charge in [0.1, 0.15) is 5.01 Å². The molecule has 6 nitrogen and oxygen atoms in total. The van der Waals surface area contributed by atoms with Crippen LogP contribution in [0.1, 0.15) is 27.0 Å². The Morgan fingerprint density at radius 3 is 2.35 bits per heavy atom. The van der Waals surface area contributed by atoms with E-state index in [0.717, 1.165) is 16.4 Å². The highest BCUT2D eigenvalue weighted by Crippen LogP contribution is 2.14. The van der Waals surface area contributed by atoms with E-state index in [1.54, 1.807) is 0 Å². The lowest BCUT2D eigenvalue weighted by Crippen LogP contribution is -2.16. The smallest absolute Gasteiger partial charge is 0.294 e. The average Bonchev–Trinajstić information content (AvgIpc) is 2.62. The first kappa shape index (κ1) is 11.6. The minimum atomic E-state index is -0.368. The normalized spacial score (nSPS) is 10.3. The summed E-state index contributed by atoms with van der Waals surface area (Å²) in [5, 5.41) is 11.5. The van der Waals surface area contributed by atoms with Crippen LogP contribution < -0.4 is 5.32 Å². The van der Waals surface area contributed by atoms with E-state index >= 15 is 0 Å². The van der Waals surface area contributed by atoms with E-state index in [4.69, 9.17) is 0 Å². The lowest BCUT2D eigenvalue weighted by Gasteiger charge is -2.02. The van der Waals surface area contributed by atoms with Gasteiger partial charge in [0.15, 0.2) is 0 Å². The fourth-order valence-electron chi connectivity index (χ4n) is 1.33. The van der Waals surface area contributed by atoms with Crippen LogP contribution in [0.5, 0.6) is 0 Å². The second-order valence-electron chi connectivity index (χ2n) is 3.55. The lowest BCUT2D eigenvalue weighted by atomic mass is 10.3. The summed E-state index contributed by atoms with van der Waals surface area (Å²) in [7, 11) is 0. The van der Waals surface area contributed by atoms with Crippen molar-refractivity contribution < 1.29 is 4.79 Å². The second-order valence-corrected chi connectivity index (χ2v) is 4.74. The van der Waals surface area contributed by atoms with Crippen molar-refractivity contribution in [2.24, 2.45) is 0 Å². The molecule has 0 aliphatic heterocycles. The number of nitrogens with zero attached hydrogens (tertiary/aromatic N) is 4. The van der Waals surface area contributed by atoms with E-state index in [0.29, 0.717) is 5.13 Å². The summed E-state index contributed by atoms with van der Waals surface area (Å²) >= 11 is 1.31. The topological polar surface area (TPSA) is 80.7 Å². The van der Waals surface area contributed by atoms with Gasteiger partial charge in [0.2, 0.25) is 11.0 Å². The summed E-state index contributed by atoms with van der Waals surface area (Å²) in [6, 6.07) is 1.81. The molecule has 0 aliphatic carbocycles. The van der Waals surface area contributed by atoms with E-state index in [9.17, 15) is 4.79 Å². The Bertz CT molecular complexity index is 545. The molecular weight excluding hydrogens is 238 g/mol. The van der Waals surface area contributed by atoms with Crippen LogP contribution in [0.3, 0.4) is 0 Å². The number of amides is 1. The van der Waals surface area contributed by atoms with Gasteiger partial charge in [0.25, 0.3) is 5.91 Å². The zero-order valence-corrected chi connectivity index (χ0v) is 10.5. The Morgan fingerprint density at radius 2 is 1.82 bits per heavy atom. The number of anilines is 1. The standard InChI is InChI=1S/C10H11N5OS/c1-5-4-6(2)12-8(11-5)9(16)13-10-15-14-7(3)17-10/h4H,1-3H3,(H,13,15,16). The van der Waals surface area contributed by atoms with Gasteiger partial charge in [-0.15, -0.1) is 10.2 Å². The third-order valence-electron chi connectivity index (χ3n) is 1.93. The Hall–Kier alpha value is -1.89. The molecule has 2 heterocycles. The molecule has 0 atom stereocenters. The molecule has 0 aliphatic rings. The van der Waals surface area contributed by atoms with Crippen molar-refractivity contribution in [3.8, 4) is 0 Å². The molecule has 0 radical (unpaired) electrons. The van der Waals surface area contributed by atoms with Gasteiger partial charge in [0, 0.05) is 11.4 Å². The molecule has 2 aromatic heterocycles. The van der Waals surface area contributed by atoms with Crippen molar-refractivity contribution >= 4 is 22.4 Å². The number of aryl methyl sites for hydroxylation is 3. The lowest BCUT2D eigenvalue weighted by molar-refractivity contribution is 0.101. The molecule has 1 N–H and O–H groups in total. The van der Waals surface area contributed by atoms with Crippen molar-refractivity contribution in [3.63, 3.8) is 0 Å². The van der Waals surface area contributed by atoms with Gasteiger partial charge in [-0.2, -0.15) is 0 Å². The number of nitrogens with one attached hydrogen (secondary N) is 1. The van der Waals surface area contributed by atoms with E-state index in [1.165, 1.54) is 11.3 Å². The second kappa shape index (κ2) is 4.54. The van der Waals surface area contributed by atoms with Crippen LogP contribution in [0.4, 0.5) is 5.13 Å². The summed E-state index contributed by atoms with van der Waals surface area (Å²) < 4.78 is 0. The van der Waals surface area contributed by atoms with Gasteiger partial charge >= 0.3 is 0 Å². The molecule has 0 saturated heterocycles. The van der Waals surface area contributed by atoms with Crippen LogP contribution in [0.15, 0.2) is 6.07 Å². The van der Waals surface area contributed by atoms with Gasteiger partial charge in [-0.1, -0.05) is 11.3 Å². The van der Waals surface area contributed by atoms with Crippen molar-refractivity contribution in [1.29, 1.82) is 0 Å². The number of rotatable bonds is 2. The Labute approximate surface area is 102 Å². The highest BCUT2D eigenvalue weighted by atomic mass is 32.1. The molecular formula is C10H11N5OS. The minimum Gasteiger partial charge on any atom is -0.294 e. The number of carbonyl (C=O) groups is 1. The minimum absolute atomic E-state index is 0.148. The maximum atomic E-state index is 11.8. The number of aromatic nitrogens is 4. The van der Waals surface area contributed by atoms with Gasteiger partial charge in [-0.25, -0.2) is 9.97 Å². The third kappa shape index (κ3) is 2.82. The first-order valence-electron chi connectivity index (χ1n) is 4.98. The number of hydrogen-bond donors (Lipinski definition) is 1. The van der Waals surface area contributed by atoms with E-state index < -0.39 is 0 Å². The maximum absolute atomic E-state index is 11.8. The van der Waals surface area contributed by atoms with Crippen LogP contribution >= 0.6 is 11.3 Å². The molecule has 17 heavy (non-hydrogen) atoms. The molecule has 2 aromatic rings. The van der Waals surface area contributed by atoms with Crippen molar-refractivity contribution in [2.75, 3.05) is 5.32 Å². The van der Waals surface area contributed by atoms with Gasteiger partial charge in [0.05, 0.1) is 0 Å². The zero-order chi connectivity index (χ0) is 12.4. The van der Waals surface area contributed by atoms with Crippen molar-refractivity contribution in [3.05, 3.63) is 28.3 Å². The van der Waals surface area contributed by atoms with Gasteiger partial charge in [-0.3, -0.25) is 10.1 Å². The van der Waals surface area contributed by atoms with Crippen LogP contribution in [0.2, 0.25) is 0 Å². The zero-order valence-electron chi connectivity index (χ0n) is 9.68. The van der Waals surface area contributed by atoms with E-state index in [1.807, 2.05) is 26.8 Å². The molecule has 0 saturated carbocycles. The number of carbonyl (C=O) groups excluding carboxylic acids is 1. The Kier molecular flexibility index (Phi) is 3.10. The molecule has 0 bridgehead atoms. The van der Waals surface area contributed by atoms with Crippen molar-refractivity contribution in [2.45, 2.75) is 20.8 Å². The SMILES string of the molecule is Cc1cc(C)nc(C(=O)Nc2nnc(C)s2)n1. The predicted molar refractivity (Wildman–Crippen MR) is 64.1 cm³/mol. The quantitative estimate of drug-likeness (QED) is 0.872. The molecule has 0 fully saturated rings. The van der Waals surface area contributed by atoms with Crippen LogP contribution in [0, 0.1) is 20.8 Å². The van der Waals surface area contributed by atoms with Gasteiger partial charge in [-0.05, 0) is 26.8 Å². The highest BCUT2D eigenvalue weighted by molar-refractivity contribution is 7.15. The fraction of sp³-hybridized carbons (Fsp3) is 0.300. The average molecular weight is 249 g/mol. The molecule has 0 spiro atoms. The first-order chi connectivity index (χ1) is 8.04. The summed E-state index contributed by atoms with van der Waals surface area (Å²) in [5.41, 5.74) is 1.52. The largest absolute Gasteiger partial charge is 0.295 e. The molecule has 1 amide bonds. The fourth-order valence-corrected chi connectivity index (χ4v) is 1.91. The van der Waals surface area contributed by atoms with Crippen molar-refractivity contribution in [1.82, 2.24) is 20.2 Å². The molecule has 88 valence electrons. The summed E-state index contributed by atoms with van der Waals surface area (Å²) in [5.74, 6) is -0.219. The Morgan fingerprint density at radius 1 is 1.18 bits per heavy atom. The predicted octanol–water partition coefficient (Wildman–Crippen LogP) is 1.51. The molecule has 7 heteroatoms. The summed E-state index contributed by atoms with van der Waals surface area (Å²) in [6.07, 6.45) is 0. The van der Waals surface area contributed by atoms with Gasteiger partial charge < -0.3 is 0 Å². The molecule has 2 rings (SSSR count). The molecule has 0 aromatic carbocycles. The summed E-state index contributed by atoms with van der Waals surface area (Å²) in [4.78, 5) is 20.0. The highest BCUT2D eigenvalue weighted by Gasteiger charge is 2.12. The summed E-state index contributed by atoms with van der Waals surface area (Å²) in [6.45, 7) is 5.46. The first-order valence-corrected chi connectivity index (χ1v) is 5.80. The third-order valence-corrected chi connectivity index (χ3v) is 2.69. The van der Waals surface area contributed by atoms with Crippen LogP contribution in [-0.4, -0.2) is 26.1 Å². The van der Waals surface area contributed by atoms with Crippen LogP contribution in [0.25, 0.3) is 0 Å². The van der Waals surface area contributed by atoms with Crippen LogP contribution in [-0.2, 0) is 0 Å². The Balaban J connectivity index is 2.19. The maximum Gasteiger partial charge on any atom is 0.295 e. The molecule has 0 unspecified atom stereocenters. The number of hydrogen-bond acceptors (Lipinski definition) is 6. The van der Waals surface area contributed by atoms with E-state index in [2.05, 4.69) is 25.5 Å². The monoisotopic (exact) mass is 249 g/mol. The van der Waals surface area contributed by atoms with E-state index in [-0.39, 0.29) is 11.7 Å².